The molecule has 0 unspecified atom stereocenters. The lowest BCUT2D eigenvalue weighted by Crippen LogP contribution is -2.21. The predicted octanol–water partition coefficient (Wildman–Crippen LogP) is 4.97. The fourth-order valence-electron chi connectivity index (χ4n) is 3.16. The van der Waals surface area contributed by atoms with E-state index >= 15 is 0 Å². The molecule has 0 aliphatic rings. The molecular weight excluding hydrogens is 432 g/mol. The average Bonchev–Trinajstić information content (AvgIpc) is 2.83. The molecule has 0 bridgehead atoms. The highest BCUT2D eigenvalue weighted by Gasteiger charge is 2.22. The van der Waals surface area contributed by atoms with Crippen LogP contribution in [-0.2, 0) is 9.53 Å². The number of carbonyl (C=O) groups excluding carboxylic acids is 2. The first kappa shape index (κ1) is 23.9. The maximum absolute atomic E-state index is 12.6. The molecule has 0 saturated carbocycles. The number of hydrogen-bond donors (Lipinski definition) is 4. The van der Waals surface area contributed by atoms with Crippen LogP contribution >= 0.6 is 0 Å². The monoisotopic (exact) mass is 456 g/mol. The largest absolute Gasteiger partial charge is 0.508 e. The second-order valence-corrected chi connectivity index (χ2v) is 7.53. The second-order valence-electron chi connectivity index (χ2n) is 7.53. The van der Waals surface area contributed by atoms with Crippen LogP contribution in [0.25, 0.3) is 0 Å². The van der Waals surface area contributed by atoms with Crippen LogP contribution in [0.5, 0.6) is 5.75 Å². The Morgan fingerprint density at radius 1 is 1.03 bits per heavy atom. The van der Waals surface area contributed by atoms with Gasteiger partial charge in [0.05, 0.1) is 23.0 Å². The van der Waals surface area contributed by atoms with Gasteiger partial charge >= 0.3 is 6.09 Å². The Kier molecular flexibility index (Phi) is 7.87. The van der Waals surface area contributed by atoms with Gasteiger partial charge in [-0.1, -0.05) is 37.3 Å². The maximum atomic E-state index is 12.6. The normalized spacial score (nSPS) is 12.4. The number of aromatic hydroxyl groups is 1. The minimum Gasteiger partial charge on any atom is -0.508 e. The number of ether oxygens (including phenoxy) is 1. The first-order valence-electron chi connectivity index (χ1n) is 10.5. The van der Waals surface area contributed by atoms with Crippen LogP contribution < -0.4 is 16.4 Å². The Labute approximate surface area is 197 Å². The molecule has 0 aromatic heterocycles. The number of benzene rings is 3. The highest BCUT2D eigenvalue weighted by atomic mass is 16.6. The molecule has 8 nitrogen and oxygen atoms in total. The van der Waals surface area contributed by atoms with Crippen LogP contribution in [0.3, 0.4) is 0 Å². The summed E-state index contributed by atoms with van der Waals surface area (Å²) in [5.74, 6) is -0.695. The molecule has 5 N–H and O–H groups in total. The summed E-state index contributed by atoms with van der Waals surface area (Å²) in [5, 5.41) is 23.8. The van der Waals surface area contributed by atoms with Crippen molar-refractivity contribution < 1.29 is 19.4 Å². The molecule has 2 amide bonds. The first-order valence-corrected chi connectivity index (χ1v) is 10.5. The zero-order valence-corrected chi connectivity index (χ0v) is 18.4. The van der Waals surface area contributed by atoms with Gasteiger partial charge in [0.25, 0.3) is 0 Å². The van der Waals surface area contributed by atoms with Crippen molar-refractivity contribution in [2.24, 2.45) is 5.92 Å². The molecule has 0 spiro atoms. The number of phenolic OH excluding ortho intramolecular Hbond substituents is 1. The van der Waals surface area contributed by atoms with E-state index in [1.165, 1.54) is 18.2 Å². The van der Waals surface area contributed by atoms with Crippen LogP contribution in [0.1, 0.15) is 24.2 Å². The number of anilines is 3. The van der Waals surface area contributed by atoms with Crippen LogP contribution in [0.2, 0.25) is 0 Å². The summed E-state index contributed by atoms with van der Waals surface area (Å²) in [4.78, 5) is 24.9. The van der Waals surface area contributed by atoms with E-state index in [0.717, 1.165) is 0 Å². The Morgan fingerprint density at radius 2 is 1.71 bits per heavy atom. The third-order valence-electron chi connectivity index (χ3n) is 4.96. The van der Waals surface area contributed by atoms with Gasteiger partial charge in [0.15, 0.2) is 0 Å². The molecule has 2 atom stereocenters. The van der Waals surface area contributed by atoms with E-state index in [2.05, 4.69) is 10.6 Å². The third kappa shape index (κ3) is 6.61. The summed E-state index contributed by atoms with van der Waals surface area (Å²) in [6.45, 7) is 1.80. The smallest absolute Gasteiger partial charge is 0.412 e. The van der Waals surface area contributed by atoms with Gasteiger partial charge in [-0.3, -0.25) is 10.1 Å². The number of nitrogens with two attached hydrogens (primary N) is 1. The van der Waals surface area contributed by atoms with Crippen molar-refractivity contribution >= 4 is 29.1 Å². The van der Waals surface area contributed by atoms with E-state index in [1.807, 2.05) is 6.07 Å². The lowest BCUT2D eigenvalue weighted by molar-refractivity contribution is -0.111. The number of para-hydroxylation sites is 2. The number of hydrogen-bond acceptors (Lipinski definition) is 6. The van der Waals surface area contributed by atoms with E-state index in [-0.39, 0.29) is 11.7 Å². The minimum atomic E-state index is -0.746. The van der Waals surface area contributed by atoms with E-state index in [4.69, 9.17) is 15.7 Å². The van der Waals surface area contributed by atoms with Gasteiger partial charge in [0.1, 0.15) is 11.9 Å². The Bertz CT molecular complexity index is 1210. The van der Waals surface area contributed by atoms with E-state index in [9.17, 15) is 14.7 Å². The number of rotatable bonds is 7. The molecule has 0 aliphatic heterocycles. The molecule has 3 rings (SSSR count). The number of nitrogen functional groups attached to an aromatic ring is 1. The van der Waals surface area contributed by atoms with Gasteiger partial charge in [0, 0.05) is 11.6 Å². The molecular formula is C26H24N4O4. The molecule has 0 aliphatic carbocycles. The zero-order valence-electron chi connectivity index (χ0n) is 18.4. The van der Waals surface area contributed by atoms with Gasteiger partial charge in [0.2, 0.25) is 5.91 Å². The van der Waals surface area contributed by atoms with Gasteiger partial charge in [-0.25, -0.2) is 4.79 Å². The Hall–Kier alpha value is -4.77. The van der Waals surface area contributed by atoms with E-state index < -0.39 is 18.1 Å². The quantitative estimate of drug-likeness (QED) is 0.293. The first-order chi connectivity index (χ1) is 16.4. The topological polar surface area (TPSA) is 137 Å². The number of nitriles is 1. The molecule has 0 saturated heterocycles. The van der Waals surface area contributed by atoms with Gasteiger partial charge in [-0.05, 0) is 60.2 Å². The van der Waals surface area contributed by atoms with Crippen LogP contribution in [0.4, 0.5) is 21.9 Å². The lowest BCUT2D eigenvalue weighted by atomic mass is 9.96. The van der Waals surface area contributed by atoms with Crippen molar-refractivity contribution in [3.8, 4) is 11.8 Å². The van der Waals surface area contributed by atoms with E-state index in [1.54, 1.807) is 73.7 Å². The fourth-order valence-corrected chi connectivity index (χ4v) is 3.16. The molecule has 0 fully saturated rings. The Morgan fingerprint density at radius 3 is 2.35 bits per heavy atom. The van der Waals surface area contributed by atoms with Crippen LogP contribution in [0.15, 0.2) is 84.9 Å². The molecule has 3 aromatic carbocycles. The number of carbonyl (C=O) groups is 2. The Balaban J connectivity index is 1.72. The molecule has 34 heavy (non-hydrogen) atoms. The van der Waals surface area contributed by atoms with Crippen molar-refractivity contribution in [2.45, 2.75) is 13.0 Å². The second kappa shape index (κ2) is 11.2. The van der Waals surface area contributed by atoms with E-state index in [0.29, 0.717) is 28.2 Å². The lowest BCUT2D eigenvalue weighted by Gasteiger charge is -2.23. The summed E-state index contributed by atoms with van der Waals surface area (Å²) < 4.78 is 5.67. The number of phenols is 1. The fraction of sp³-hybridized carbons (Fsp3) is 0.115. The van der Waals surface area contributed by atoms with Crippen molar-refractivity contribution in [3.05, 3.63) is 96.1 Å². The summed E-state index contributed by atoms with van der Waals surface area (Å²) in [5.41, 5.74) is 8.37. The minimum absolute atomic E-state index is 0.0764. The summed E-state index contributed by atoms with van der Waals surface area (Å²) >= 11 is 0. The van der Waals surface area contributed by atoms with Gasteiger partial charge in [-0.2, -0.15) is 5.26 Å². The predicted molar refractivity (Wildman–Crippen MR) is 130 cm³/mol. The summed E-state index contributed by atoms with van der Waals surface area (Å²) in [6.07, 6.45) is 1.53. The third-order valence-corrected chi connectivity index (χ3v) is 4.96. The number of nitrogens with zero attached hydrogens (tertiary/aromatic N) is 1. The number of amides is 2. The standard InChI is InChI=1S/C26H24N4O4/c1-17(6-15-24(32)30-23-5-3-2-4-22(23)28)25(19-9-13-21(31)14-10-19)34-26(33)29-20-11-7-18(16-27)8-12-20/h2-15,17,25,31H,28H2,1H3,(H,29,33)(H,30,32)/b15-6+/t17-,25+/m1/s1. The van der Waals surface area contributed by atoms with Crippen molar-refractivity contribution in [1.82, 2.24) is 0 Å². The van der Waals surface area contributed by atoms with Crippen molar-refractivity contribution in [1.29, 1.82) is 5.26 Å². The summed E-state index contributed by atoms with van der Waals surface area (Å²) in [7, 11) is 0. The SMILES string of the molecule is C[C@H](/C=C/C(=O)Nc1ccccc1N)[C@H](OC(=O)Nc1ccc(C#N)cc1)c1ccc(O)cc1. The van der Waals surface area contributed by atoms with Gasteiger partial charge < -0.3 is 20.9 Å². The zero-order chi connectivity index (χ0) is 24.5. The highest BCUT2D eigenvalue weighted by Crippen LogP contribution is 2.29. The highest BCUT2D eigenvalue weighted by molar-refractivity contribution is 6.01. The average molecular weight is 457 g/mol. The number of nitrogens with one attached hydrogen (secondary N) is 2. The molecule has 172 valence electrons. The van der Waals surface area contributed by atoms with Gasteiger partial charge in [-0.15, -0.1) is 0 Å². The molecule has 3 aromatic rings. The maximum Gasteiger partial charge on any atom is 0.412 e. The molecule has 0 heterocycles. The van der Waals surface area contributed by atoms with Crippen LogP contribution in [-0.4, -0.2) is 17.1 Å². The molecule has 8 heteroatoms. The van der Waals surface area contributed by atoms with Crippen molar-refractivity contribution in [3.63, 3.8) is 0 Å². The summed E-state index contributed by atoms with van der Waals surface area (Å²) in [6, 6.07) is 21.5. The van der Waals surface area contributed by atoms with Crippen molar-refractivity contribution in [2.75, 3.05) is 16.4 Å². The molecule has 0 radical (unpaired) electrons. The van der Waals surface area contributed by atoms with Crippen LogP contribution in [0, 0.1) is 17.2 Å².